The lowest BCUT2D eigenvalue weighted by Crippen LogP contribution is -2.13. The topological polar surface area (TPSA) is 99.4 Å². The van der Waals surface area contributed by atoms with Crippen molar-refractivity contribution in [1.29, 1.82) is 0 Å². The lowest BCUT2D eigenvalue weighted by Gasteiger charge is -2.09. The second-order valence-electron chi connectivity index (χ2n) is 5.45. The van der Waals surface area contributed by atoms with Crippen LogP contribution >= 0.6 is 0 Å². The SMILES string of the molecule is [C-]#[N+]c1c(-c2ccccc2)nc(NCc2cccc(C(=O)O)c2)[nH]c1=O. The summed E-state index contributed by atoms with van der Waals surface area (Å²) in [5.41, 5.74) is 1.26. The lowest BCUT2D eigenvalue weighted by molar-refractivity contribution is 0.0696. The van der Waals surface area contributed by atoms with E-state index in [-0.39, 0.29) is 23.7 Å². The number of carboxylic acids is 1. The Morgan fingerprint density at radius 2 is 1.96 bits per heavy atom. The molecule has 0 saturated heterocycles. The highest BCUT2D eigenvalue weighted by atomic mass is 16.4. The summed E-state index contributed by atoms with van der Waals surface area (Å²) >= 11 is 0. The number of aromatic nitrogens is 2. The number of aromatic amines is 1. The number of nitrogens with zero attached hydrogens (tertiary/aromatic N) is 2. The van der Waals surface area contributed by atoms with Crippen molar-refractivity contribution in [1.82, 2.24) is 9.97 Å². The molecule has 0 spiro atoms. The Kier molecular flexibility index (Phi) is 4.76. The largest absolute Gasteiger partial charge is 0.478 e. The van der Waals surface area contributed by atoms with Gasteiger partial charge in [-0.2, -0.15) is 0 Å². The third-order valence-electron chi connectivity index (χ3n) is 3.69. The van der Waals surface area contributed by atoms with E-state index >= 15 is 0 Å². The molecule has 7 heteroatoms. The molecule has 128 valence electrons. The van der Waals surface area contributed by atoms with Crippen LogP contribution in [0.5, 0.6) is 0 Å². The Labute approximate surface area is 148 Å². The predicted molar refractivity (Wildman–Crippen MR) is 97.3 cm³/mol. The molecule has 0 aliphatic rings. The van der Waals surface area contributed by atoms with Crippen LogP contribution in [-0.4, -0.2) is 21.0 Å². The third kappa shape index (κ3) is 3.60. The average molecular weight is 346 g/mol. The Bertz CT molecular complexity index is 1050. The van der Waals surface area contributed by atoms with Crippen molar-refractivity contribution in [2.24, 2.45) is 0 Å². The molecule has 3 N–H and O–H groups in total. The molecule has 1 aromatic heterocycles. The van der Waals surface area contributed by atoms with Gasteiger partial charge in [-0.1, -0.05) is 42.5 Å². The maximum Gasteiger partial charge on any atom is 0.335 e. The predicted octanol–water partition coefficient (Wildman–Crippen LogP) is 3.30. The van der Waals surface area contributed by atoms with Crippen LogP contribution in [0.3, 0.4) is 0 Å². The minimum Gasteiger partial charge on any atom is -0.478 e. The van der Waals surface area contributed by atoms with Gasteiger partial charge in [0.1, 0.15) is 0 Å². The standard InChI is InChI=1S/C19H14N4O3/c1-20-16-15(13-7-3-2-4-8-13)22-19(23-17(16)24)21-11-12-6-5-9-14(10-12)18(25)26/h2-10H,11H2,(H,25,26)(H2,21,22,23,24). The van der Waals surface area contributed by atoms with Crippen LogP contribution in [0, 0.1) is 6.57 Å². The normalized spacial score (nSPS) is 10.1. The molecule has 2 aromatic carbocycles. The van der Waals surface area contributed by atoms with Crippen molar-refractivity contribution in [3.63, 3.8) is 0 Å². The van der Waals surface area contributed by atoms with E-state index in [1.54, 1.807) is 42.5 Å². The number of hydrogen-bond acceptors (Lipinski definition) is 4. The Morgan fingerprint density at radius 1 is 1.19 bits per heavy atom. The summed E-state index contributed by atoms with van der Waals surface area (Å²) in [7, 11) is 0. The molecule has 0 saturated carbocycles. The minimum atomic E-state index is -1.01. The smallest absolute Gasteiger partial charge is 0.335 e. The summed E-state index contributed by atoms with van der Waals surface area (Å²) in [5, 5.41) is 12.0. The van der Waals surface area contributed by atoms with Crippen molar-refractivity contribution in [2.75, 3.05) is 5.32 Å². The van der Waals surface area contributed by atoms with Crippen LogP contribution in [-0.2, 0) is 6.54 Å². The number of aromatic carboxylic acids is 1. The molecule has 0 radical (unpaired) electrons. The van der Waals surface area contributed by atoms with Crippen LogP contribution < -0.4 is 10.9 Å². The number of benzene rings is 2. The van der Waals surface area contributed by atoms with Gasteiger partial charge in [-0.25, -0.2) is 14.6 Å². The van der Waals surface area contributed by atoms with Crippen LogP contribution in [0.1, 0.15) is 15.9 Å². The number of rotatable bonds is 5. The van der Waals surface area contributed by atoms with E-state index in [9.17, 15) is 9.59 Å². The summed E-state index contributed by atoms with van der Waals surface area (Å²) in [4.78, 5) is 33.4. The molecule has 0 fully saturated rings. The first-order valence-corrected chi connectivity index (χ1v) is 7.72. The number of hydrogen-bond donors (Lipinski definition) is 3. The maximum absolute atomic E-state index is 12.2. The van der Waals surface area contributed by atoms with Gasteiger partial charge < -0.3 is 15.4 Å². The maximum atomic E-state index is 12.2. The quantitative estimate of drug-likeness (QED) is 0.616. The molecular formula is C19H14N4O3. The molecular weight excluding hydrogens is 332 g/mol. The monoisotopic (exact) mass is 346 g/mol. The number of nitrogens with one attached hydrogen (secondary N) is 2. The van der Waals surface area contributed by atoms with Gasteiger partial charge in [0.2, 0.25) is 5.95 Å². The summed E-state index contributed by atoms with van der Waals surface area (Å²) in [6.45, 7) is 7.51. The van der Waals surface area contributed by atoms with E-state index in [4.69, 9.17) is 11.7 Å². The van der Waals surface area contributed by atoms with Gasteiger partial charge in [0, 0.05) is 6.54 Å². The van der Waals surface area contributed by atoms with Crippen LogP contribution in [0.4, 0.5) is 11.6 Å². The molecule has 1 heterocycles. The molecule has 0 amide bonds. The van der Waals surface area contributed by atoms with Gasteiger partial charge in [-0.15, -0.1) is 0 Å². The van der Waals surface area contributed by atoms with E-state index in [0.717, 1.165) is 5.56 Å². The fourth-order valence-corrected chi connectivity index (χ4v) is 2.45. The highest BCUT2D eigenvalue weighted by Gasteiger charge is 2.13. The molecule has 0 aliphatic heterocycles. The van der Waals surface area contributed by atoms with Crippen molar-refractivity contribution in [3.05, 3.63) is 87.5 Å². The third-order valence-corrected chi connectivity index (χ3v) is 3.69. The minimum absolute atomic E-state index is 0.0744. The van der Waals surface area contributed by atoms with E-state index in [1.165, 1.54) is 6.07 Å². The fraction of sp³-hybridized carbons (Fsp3) is 0.0526. The first-order chi connectivity index (χ1) is 12.6. The zero-order valence-electron chi connectivity index (χ0n) is 13.6. The fourth-order valence-electron chi connectivity index (χ4n) is 2.45. The molecule has 0 atom stereocenters. The van der Waals surface area contributed by atoms with Gasteiger partial charge in [0.05, 0.1) is 17.8 Å². The lowest BCUT2D eigenvalue weighted by atomic mass is 10.1. The second-order valence-corrected chi connectivity index (χ2v) is 5.45. The number of carboxylic acid groups (broad SMARTS) is 1. The van der Waals surface area contributed by atoms with Crippen molar-refractivity contribution in [2.45, 2.75) is 6.54 Å². The molecule has 0 aliphatic carbocycles. The van der Waals surface area contributed by atoms with Crippen molar-refractivity contribution < 1.29 is 9.90 Å². The molecule has 3 aromatic rings. The second kappa shape index (κ2) is 7.32. The number of H-pyrrole nitrogens is 1. The Balaban J connectivity index is 1.91. The molecule has 26 heavy (non-hydrogen) atoms. The first kappa shape index (κ1) is 16.9. The van der Waals surface area contributed by atoms with E-state index < -0.39 is 11.5 Å². The Morgan fingerprint density at radius 3 is 2.65 bits per heavy atom. The van der Waals surface area contributed by atoms with Crippen molar-refractivity contribution >= 4 is 17.6 Å². The highest BCUT2D eigenvalue weighted by molar-refractivity contribution is 5.87. The zero-order chi connectivity index (χ0) is 18.5. The van der Waals surface area contributed by atoms with Gasteiger partial charge in [0.25, 0.3) is 11.2 Å². The Hall–Kier alpha value is -3.92. The zero-order valence-corrected chi connectivity index (χ0v) is 13.6. The molecule has 7 nitrogen and oxygen atoms in total. The van der Waals surface area contributed by atoms with Crippen LogP contribution in [0.25, 0.3) is 16.1 Å². The van der Waals surface area contributed by atoms with Gasteiger partial charge in [-0.05, 0) is 23.3 Å². The molecule has 3 rings (SSSR count). The number of anilines is 1. The number of carbonyl (C=O) groups is 1. The summed E-state index contributed by atoms with van der Waals surface area (Å²) < 4.78 is 0. The molecule has 0 unspecified atom stereocenters. The van der Waals surface area contributed by atoms with E-state index in [2.05, 4.69) is 20.1 Å². The van der Waals surface area contributed by atoms with Crippen molar-refractivity contribution in [3.8, 4) is 11.3 Å². The summed E-state index contributed by atoms with van der Waals surface area (Å²) in [6, 6.07) is 15.4. The van der Waals surface area contributed by atoms with E-state index in [1.807, 2.05) is 6.07 Å². The van der Waals surface area contributed by atoms with Crippen LogP contribution in [0.2, 0.25) is 0 Å². The highest BCUT2D eigenvalue weighted by Crippen LogP contribution is 2.25. The van der Waals surface area contributed by atoms with Crippen LogP contribution in [0.15, 0.2) is 59.4 Å². The molecule has 0 bridgehead atoms. The van der Waals surface area contributed by atoms with Gasteiger partial charge in [-0.3, -0.25) is 4.79 Å². The van der Waals surface area contributed by atoms with Gasteiger partial charge >= 0.3 is 5.97 Å². The first-order valence-electron chi connectivity index (χ1n) is 7.72. The van der Waals surface area contributed by atoms with E-state index in [0.29, 0.717) is 11.3 Å². The van der Waals surface area contributed by atoms with Gasteiger partial charge in [0.15, 0.2) is 0 Å². The summed E-state index contributed by atoms with van der Waals surface area (Å²) in [5.74, 6) is -0.798. The average Bonchev–Trinajstić information content (AvgIpc) is 2.67. The summed E-state index contributed by atoms with van der Waals surface area (Å²) in [6.07, 6.45) is 0.